The molecule has 1 amide bonds. The monoisotopic (exact) mass is 239 g/mol. The van der Waals surface area contributed by atoms with E-state index in [1.165, 1.54) is 6.08 Å². The van der Waals surface area contributed by atoms with Gasteiger partial charge >= 0.3 is 0 Å². The maximum Gasteiger partial charge on any atom is 0.269 e. The minimum absolute atomic E-state index is 0.281. The highest BCUT2D eigenvalue weighted by Crippen LogP contribution is 2.02. The number of carbonyl (C=O) groups excluding carboxylic acids is 1. The lowest BCUT2D eigenvalue weighted by Gasteiger charge is -2.02. The second-order valence-electron chi connectivity index (χ2n) is 3.62. The summed E-state index contributed by atoms with van der Waals surface area (Å²) in [7, 11) is 0. The summed E-state index contributed by atoms with van der Waals surface area (Å²) in [4.78, 5) is 15.2. The van der Waals surface area contributed by atoms with Gasteiger partial charge in [-0.05, 0) is 25.1 Å². The third kappa shape index (κ3) is 3.01. The smallest absolute Gasteiger partial charge is 0.267 e. The van der Waals surface area contributed by atoms with E-state index >= 15 is 0 Å². The minimum atomic E-state index is -0.281. The Morgan fingerprint density at radius 2 is 2.06 bits per heavy atom. The van der Waals surface area contributed by atoms with Gasteiger partial charge in [-0.3, -0.25) is 4.79 Å². The van der Waals surface area contributed by atoms with E-state index in [0.29, 0.717) is 5.36 Å². The normalized spacial score (nSPS) is 11.9. The van der Waals surface area contributed by atoms with Crippen molar-refractivity contribution in [3.05, 3.63) is 66.3 Å². The molecule has 1 aromatic carbocycles. The zero-order chi connectivity index (χ0) is 12.8. The van der Waals surface area contributed by atoms with Gasteiger partial charge in [0.05, 0.1) is 17.2 Å². The van der Waals surface area contributed by atoms with Crippen molar-refractivity contribution in [1.29, 1.82) is 0 Å². The van der Waals surface area contributed by atoms with E-state index < -0.39 is 0 Å². The summed E-state index contributed by atoms with van der Waals surface area (Å²) in [6.07, 6.45) is 6.41. The third-order valence-electron chi connectivity index (χ3n) is 2.27. The third-order valence-corrected chi connectivity index (χ3v) is 2.27. The SMILES string of the molecule is C/C=C/C(=O)/N=c1\ccn(-c2ccccc2)nc1. The maximum absolute atomic E-state index is 11.3. The largest absolute Gasteiger partial charge is 0.269 e. The topological polar surface area (TPSA) is 47.2 Å². The first kappa shape index (κ1) is 12.0. The van der Waals surface area contributed by atoms with E-state index in [4.69, 9.17) is 0 Å². The van der Waals surface area contributed by atoms with Crippen molar-refractivity contribution in [3.63, 3.8) is 0 Å². The zero-order valence-corrected chi connectivity index (χ0v) is 10.0. The first-order valence-electron chi connectivity index (χ1n) is 5.61. The molecule has 0 saturated carbocycles. The van der Waals surface area contributed by atoms with E-state index in [2.05, 4.69) is 10.1 Å². The summed E-state index contributed by atoms with van der Waals surface area (Å²) in [5.74, 6) is -0.281. The Morgan fingerprint density at radius 1 is 1.28 bits per heavy atom. The number of amides is 1. The number of hydrogen-bond acceptors (Lipinski definition) is 2. The molecule has 18 heavy (non-hydrogen) atoms. The molecule has 2 rings (SSSR count). The van der Waals surface area contributed by atoms with Gasteiger partial charge in [-0.1, -0.05) is 24.3 Å². The molecule has 1 heterocycles. The number of aromatic nitrogens is 2. The van der Waals surface area contributed by atoms with Crippen LogP contribution in [-0.4, -0.2) is 15.7 Å². The van der Waals surface area contributed by atoms with E-state index in [9.17, 15) is 4.79 Å². The molecule has 4 heteroatoms. The lowest BCUT2D eigenvalue weighted by Crippen LogP contribution is -2.10. The predicted molar refractivity (Wildman–Crippen MR) is 68.9 cm³/mol. The van der Waals surface area contributed by atoms with Crippen molar-refractivity contribution in [1.82, 2.24) is 9.78 Å². The number of para-hydroxylation sites is 1. The molecule has 1 aromatic heterocycles. The summed E-state index contributed by atoms with van der Waals surface area (Å²) in [5.41, 5.74) is 0.962. The van der Waals surface area contributed by atoms with E-state index in [1.807, 2.05) is 30.3 Å². The predicted octanol–water partition coefficient (Wildman–Crippen LogP) is 1.88. The molecule has 0 fully saturated rings. The summed E-state index contributed by atoms with van der Waals surface area (Å²) in [6, 6.07) is 11.5. The van der Waals surface area contributed by atoms with Gasteiger partial charge in [0.1, 0.15) is 0 Å². The molecule has 2 aromatic rings. The molecule has 0 atom stereocenters. The quantitative estimate of drug-likeness (QED) is 0.751. The van der Waals surface area contributed by atoms with Crippen molar-refractivity contribution in [2.45, 2.75) is 6.92 Å². The maximum atomic E-state index is 11.3. The molecule has 0 saturated heterocycles. The second kappa shape index (κ2) is 5.72. The molecule has 0 unspecified atom stereocenters. The lowest BCUT2D eigenvalue weighted by molar-refractivity contribution is -0.113. The van der Waals surface area contributed by atoms with Crippen LogP contribution in [0.1, 0.15) is 6.92 Å². The van der Waals surface area contributed by atoms with Crippen molar-refractivity contribution >= 4 is 5.91 Å². The highest BCUT2D eigenvalue weighted by Gasteiger charge is 1.94. The fraction of sp³-hybridized carbons (Fsp3) is 0.0714. The molecule has 0 aliphatic carbocycles. The van der Waals surface area contributed by atoms with E-state index in [0.717, 1.165) is 5.69 Å². The second-order valence-corrected chi connectivity index (χ2v) is 3.62. The van der Waals surface area contributed by atoms with Gasteiger partial charge in [0, 0.05) is 12.3 Å². The molecular weight excluding hydrogens is 226 g/mol. The highest BCUT2D eigenvalue weighted by atomic mass is 16.1. The molecular formula is C14H13N3O. The zero-order valence-electron chi connectivity index (χ0n) is 10.0. The number of rotatable bonds is 2. The summed E-state index contributed by atoms with van der Waals surface area (Å²) < 4.78 is 1.72. The first-order valence-corrected chi connectivity index (χ1v) is 5.61. The van der Waals surface area contributed by atoms with Crippen LogP contribution in [0.25, 0.3) is 5.69 Å². The molecule has 90 valence electrons. The Kier molecular flexibility index (Phi) is 3.81. The molecule has 0 bridgehead atoms. The van der Waals surface area contributed by atoms with Gasteiger partial charge < -0.3 is 0 Å². The Balaban J connectivity index is 2.29. The molecule has 4 nitrogen and oxygen atoms in total. The number of carbonyl (C=O) groups is 1. The summed E-state index contributed by atoms with van der Waals surface area (Å²) >= 11 is 0. The van der Waals surface area contributed by atoms with E-state index in [1.54, 1.807) is 36.1 Å². The van der Waals surface area contributed by atoms with Crippen LogP contribution in [0, 0.1) is 0 Å². The van der Waals surface area contributed by atoms with Gasteiger partial charge in [0.2, 0.25) is 0 Å². The fourth-order valence-electron chi connectivity index (χ4n) is 1.46. The molecule has 0 N–H and O–H groups in total. The van der Waals surface area contributed by atoms with Crippen LogP contribution in [0.4, 0.5) is 0 Å². The average Bonchev–Trinajstić information content (AvgIpc) is 2.41. The molecule has 0 aliphatic heterocycles. The Labute approximate surface area is 105 Å². The van der Waals surface area contributed by atoms with Gasteiger partial charge in [-0.2, -0.15) is 5.10 Å². The first-order chi connectivity index (χ1) is 8.79. The molecule has 0 radical (unpaired) electrons. The highest BCUT2D eigenvalue weighted by molar-refractivity contribution is 5.88. The van der Waals surface area contributed by atoms with Crippen molar-refractivity contribution in [3.8, 4) is 5.69 Å². The van der Waals surface area contributed by atoms with E-state index in [-0.39, 0.29) is 5.91 Å². The number of hydrogen-bond donors (Lipinski definition) is 0. The van der Waals surface area contributed by atoms with Crippen LogP contribution in [0.2, 0.25) is 0 Å². The van der Waals surface area contributed by atoms with Crippen molar-refractivity contribution < 1.29 is 4.79 Å². The number of allylic oxidation sites excluding steroid dienone is 1. The Morgan fingerprint density at radius 3 is 2.67 bits per heavy atom. The minimum Gasteiger partial charge on any atom is -0.267 e. The van der Waals surface area contributed by atoms with Crippen LogP contribution in [0.5, 0.6) is 0 Å². The van der Waals surface area contributed by atoms with Crippen LogP contribution in [0.15, 0.2) is 65.9 Å². The summed E-state index contributed by atoms with van der Waals surface area (Å²) in [5, 5.41) is 4.76. The number of benzene rings is 1. The lowest BCUT2D eigenvalue weighted by atomic mass is 10.3. The van der Waals surface area contributed by atoms with Gasteiger partial charge in [-0.25, -0.2) is 9.67 Å². The number of nitrogens with zero attached hydrogens (tertiary/aromatic N) is 3. The summed E-state index contributed by atoms with van der Waals surface area (Å²) in [6.45, 7) is 1.78. The van der Waals surface area contributed by atoms with Crippen LogP contribution < -0.4 is 5.36 Å². The van der Waals surface area contributed by atoms with Crippen LogP contribution in [-0.2, 0) is 4.79 Å². The van der Waals surface area contributed by atoms with Gasteiger partial charge in [0.25, 0.3) is 5.91 Å². The van der Waals surface area contributed by atoms with Crippen LogP contribution in [0.3, 0.4) is 0 Å². The molecule has 0 spiro atoms. The van der Waals surface area contributed by atoms with Crippen molar-refractivity contribution in [2.75, 3.05) is 0 Å². The fourth-order valence-corrected chi connectivity index (χ4v) is 1.46. The Hall–Kier alpha value is -2.49. The molecule has 0 aliphatic rings. The van der Waals surface area contributed by atoms with Crippen LogP contribution >= 0.6 is 0 Å². The standard InChI is InChI=1S/C14H13N3O/c1-2-6-14(18)16-12-9-10-17(15-11-12)13-7-4-3-5-8-13/h2-11H,1H3/b6-2+,16-12+. The van der Waals surface area contributed by atoms with Gasteiger partial charge in [0.15, 0.2) is 0 Å². The van der Waals surface area contributed by atoms with Crippen molar-refractivity contribution in [2.24, 2.45) is 4.99 Å². The average molecular weight is 239 g/mol. The Bertz CT molecular complexity index is 606. The van der Waals surface area contributed by atoms with Gasteiger partial charge in [-0.15, -0.1) is 0 Å².